The van der Waals surface area contributed by atoms with E-state index < -0.39 is 0 Å². The van der Waals surface area contributed by atoms with Gasteiger partial charge >= 0.3 is 0 Å². The average molecular weight is 219 g/mol. The zero-order valence-corrected chi connectivity index (χ0v) is 9.95. The van der Waals surface area contributed by atoms with E-state index in [0.717, 1.165) is 12.5 Å². The fourth-order valence-corrected chi connectivity index (χ4v) is 2.66. The molecular formula is C14H21NO. The van der Waals surface area contributed by atoms with Crippen molar-refractivity contribution in [2.75, 3.05) is 0 Å². The van der Waals surface area contributed by atoms with Gasteiger partial charge in [-0.3, -0.25) is 0 Å². The van der Waals surface area contributed by atoms with Crippen molar-refractivity contribution >= 4 is 0 Å². The lowest BCUT2D eigenvalue weighted by Crippen LogP contribution is -2.31. The van der Waals surface area contributed by atoms with Gasteiger partial charge in [0, 0.05) is 12.6 Å². The van der Waals surface area contributed by atoms with Gasteiger partial charge in [0.05, 0.1) is 0 Å². The van der Waals surface area contributed by atoms with Crippen LogP contribution in [-0.4, -0.2) is 11.1 Å². The lowest BCUT2D eigenvalue weighted by Gasteiger charge is -2.19. The Bertz CT molecular complexity index is 320. The highest BCUT2D eigenvalue weighted by molar-refractivity contribution is 5.25. The van der Waals surface area contributed by atoms with Gasteiger partial charge in [0.1, 0.15) is 5.75 Å². The van der Waals surface area contributed by atoms with Crippen LogP contribution in [0.2, 0.25) is 0 Å². The molecule has 1 aliphatic rings. The van der Waals surface area contributed by atoms with E-state index in [0.29, 0.717) is 11.8 Å². The summed E-state index contributed by atoms with van der Waals surface area (Å²) in [4.78, 5) is 0. The molecule has 2 unspecified atom stereocenters. The summed E-state index contributed by atoms with van der Waals surface area (Å²) in [6.07, 6.45) is 5.35. The third-order valence-corrected chi connectivity index (χ3v) is 3.69. The minimum Gasteiger partial charge on any atom is -0.508 e. The molecule has 0 aromatic heterocycles. The van der Waals surface area contributed by atoms with E-state index in [4.69, 9.17) is 0 Å². The molecule has 2 rings (SSSR count). The summed E-state index contributed by atoms with van der Waals surface area (Å²) in [6, 6.07) is 8.17. The molecular weight excluding hydrogens is 198 g/mol. The van der Waals surface area contributed by atoms with Gasteiger partial charge in [-0.25, -0.2) is 0 Å². The van der Waals surface area contributed by atoms with E-state index in [1.54, 1.807) is 12.1 Å². The topological polar surface area (TPSA) is 32.3 Å². The number of nitrogens with one attached hydrogen (secondary N) is 1. The van der Waals surface area contributed by atoms with Crippen LogP contribution >= 0.6 is 0 Å². The molecule has 1 aliphatic carbocycles. The van der Waals surface area contributed by atoms with Gasteiger partial charge in [-0.05, 0) is 36.5 Å². The molecule has 0 amide bonds. The van der Waals surface area contributed by atoms with Crippen molar-refractivity contribution in [3.05, 3.63) is 29.8 Å². The van der Waals surface area contributed by atoms with Gasteiger partial charge in [0.15, 0.2) is 0 Å². The Labute approximate surface area is 97.7 Å². The normalized spacial score (nSPS) is 24.8. The molecule has 0 spiro atoms. The molecule has 0 bridgehead atoms. The summed E-state index contributed by atoms with van der Waals surface area (Å²) in [5.74, 6) is 1.20. The molecule has 0 radical (unpaired) electrons. The first-order valence-corrected chi connectivity index (χ1v) is 6.31. The maximum absolute atomic E-state index is 9.20. The Morgan fingerprint density at radius 3 is 2.69 bits per heavy atom. The molecule has 0 saturated heterocycles. The Balaban J connectivity index is 1.85. The van der Waals surface area contributed by atoms with Crippen LogP contribution in [0.25, 0.3) is 0 Å². The molecule has 1 aromatic rings. The fraction of sp³-hybridized carbons (Fsp3) is 0.571. The molecule has 1 aromatic carbocycles. The molecule has 2 atom stereocenters. The fourth-order valence-electron chi connectivity index (χ4n) is 2.66. The van der Waals surface area contributed by atoms with Crippen LogP contribution in [0, 0.1) is 5.92 Å². The molecule has 2 nitrogen and oxygen atoms in total. The minimum atomic E-state index is 0.344. The van der Waals surface area contributed by atoms with Gasteiger partial charge < -0.3 is 10.4 Å². The second kappa shape index (κ2) is 5.35. The Morgan fingerprint density at radius 2 is 2.00 bits per heavy atom. The van der Waals surface area contributed by atoms with E-state index in [2.05, 4.69) is 12.2 Å². The van der Waals surface area contributed by atoms with Crippen LogP contribution in [0.3, 0.4) is 0 Å². The number of rotatable bonds is 4. The predicted molar refractivity (Wildman–Crippen MR) is 66.4 cm³/mol. The Morgan fingerprint density at radius 1 is 1.25 bits per heavy atom. The van der Waals surface area contributed by atoms with Crippen molar-refractivity contribution in [1.29, 1.82) is 0 Å². The third-order valence-electron chi connectivity index (χ3n) is 3.69. The van der Waals surface area contributed by atoms with Gasteiger partial charge in [-0.2, -0.15) is 0 Å². The van der Waals surface area contributed by atoms with Crippen LogP contribution in [-0.2, 0) is 6.54 Å². The number of phenolic OH excluding ortho intramolecular Hbond substituents is 1. The van der Waals surface area contributed by atoms with Crippen LogP contribution < -0.4 is 5.32 Å². The highest BCUT2D eigenvalue weighted by Crippen LogP contribution is 2.28. The lowest BCUT2D eigenvalue weighted by molar-refractivity contribution is 0.389. The van der Waals surface area contributed by atoms with Crippen molar-refractivity contribution in [3.8, 4) is 5.75 Å². The Kier molecular flexibility index (Phi) is 3.83. The molecule has 0 aliphatic heterocycles. The third kappa shape index (κ3) is 2.76. The quantitative estimate of drug-likeness (QED) is 0.815. The zero-order valence-electron chi connectivity index (χ0n) is 9.95. The van der Waals surface area contributed by atoms with Crippen molar-refractivity contribution in [2.24, 2.45) is 5.92 Å². The van der Waals surface area contributed by atoms with E-state index in [1.807, 2.05) is 12.1 Å². The molecule has 0 heterocycles. The predicted octanol–water partition coefficient (Wildman–Crippen LogP) is 3.06. The number of aromatic hydroxyl groups is 1. The molecule has 88 valence electrons. The maximum atomic E-state index is 9.20. The molecule has 1 fully saturated rings. The van der Waals surface area contributed by atoms with Gasteiger partial charge in [0.25, 0.3) is 0 Å². The Hall–Kier alpha value is -1.02. The first-order chi connectivity index (χ1) is 7.79. The highest BCUT2D eigenvalue weighted by Gasteiger charge is 2.24. The first-order valence-electron chi connectivity index (χ1n) is 6.31. The summed E-state index contributed by atoms with van der Waals surface area (Å²) in [7, 11) is 0. The van der Waals surface area contributed by atoms with Gasteiger partial charge in [-0.1, -0.05) is 31.9 Å². The van der Waals surface area contributed by atoms with Crippen molar-refractivity contribution < 1.29 is 5.11 Å². The summed E-state index contributed by atoms with van der Waals surface area (Å²) in [6.45, 7) is 3.20. The number of phenols is 1. The molecule has 16 heavy (non-hydrogen) atoms. The standard InChI is InChI=1S/C14H21NO/c1-2-12-4-3-5-14(12)15-10-11-6-8-13(16)9-7-11/h6-9,12,14-16H,2-5,10H2,1H3. The van der Waals surface area contributed by atoms with Crippen LogP contribution in [0.15, 0.2) is 24.3 Å². The van der Waals surface area contributed by atoms with Crippen LogP contribution in [0.4, 0.5) is 0 Å². The first kappa shape index (κ1) is 11.5. The lowest BCUT2D eigenvalue weighted by atomic mass is 10.0. The molecule has 2 heteroatoms. The van der Waals surface area contributed by atoms with E-state index in [1.165, 1.54) is 31.2 Å². The number of hydrogen-bond donors (Lipinski definition) is 2. The van der Waals surface area contributed by atoms with Crippen LogP contribution in [0.5, 0.6) is 5.75 Å². The largest absolute Gasteiger partial charge is 0.508 e. The smallest absolute Gasteiger partial charge is 0.115 e. The summed E-state index contributed by atoms with van der Waals surface area (Å²) in [5, 5.41) is 12.8. The summed E-state index contributed by atoms with van der Waals surface area (Å²) < 4.78 is 0. The SMILES string of the molecule is CCC1CCCC1NCc1ccc(O)cc1. The number of hydrogen-bond acceptors (Lipinski definition) is 2. The monoisotopic (exact) mass is 219 g/mol. The minimum absolute atomic E-state index is 0.344. The second-order valence-corrected chi connectivity index (χ2v) is 4.75. The van der Waals surface area contributed by atoms with Crippen molar-refractivity contribution in [1.82, 2.24) is 5.32 Å². The average Bonchev–Trinajstić information content (AvgIpc) is 2.76. The highest BCUT2D eigenvalue weighted by atomic mass is 16.3. The van der Waals surface area contributed by atoms with Crippen molar-refractivity contribution in [2.45, 2.75) is 45.2 Å². The number of benzene rings is 1. The van der Waals surface area contributed by atoms with Gasteiger partial charge in [-0.15, -0.1) is 0 Å². The maximum Gasteiger partial charge on any atom is 0.115 e. The molecule has 1 saturated carbocycles. The van der Waals surface area contributed by atoms with Crippen molar-refractivity contribution in [3.63, 3.8) is 0 Å². The van der Waals surface area contributed by atoms with E-state index in [-0.39, 0.29) is 0 Å². The summed E-state index contributed by atoms with van der Waals surface area (Å²) in [5.41, 5.74) is 1.25. The zero-order chi connectivity index (χ0) is 11.4. The second-order valence-electron chi connectivity index (χ2n) is 4.75. The van der Waals surface area contributed by atoms with E-state index >= 15 is 0 Å². The molecule has 2 N–H and O–H groups in total. The van der Waals surface area contributed by atoms with Crippen LogP contribution in [0.1, 0.15) is 38.2 Å². The van der Waals surface area contributed by atoms with E-state index in [9.17, 15) is 5.11 Å². The summed E-state index contributed by atoms with van der Waals surface area (Å²) >= 11 is 0. The van der Waals surface area contributed by atoms with Gasteiger partial charge in [0.2, 0.25) is 0 Å².